The Hall–Kier alpha value is -3.43. The van der Waals surface area contributed by atoms with E-state index in [-0.39, 0.29) is 39.7 Å². The molecule has 2 aliphatic rings. The minimum atomic E-state index is -5.22. The maximum atomic E-state index is 14.1. The van der Waals surface area contributed by atoms with Gasteiger partial charge < -0.3 is 50.2 Å². The number of hydrogen-bond acceptors (Lipinski definition) is 21. The molecule has 5 rings (SSSR count). The number of nitrogen functional groups attached to an aromatic ring is 2. The Morgan fingerprint density at radius 3 is 2.36 bits per heavy atom. The van der Waals surface area contributed by atoms with Crippen LogP contribution >= 0.6 is 37.2 Å². The predicted octanol–water partition coefficient (Wildman–Crippen LogP) is 1.73. The van der Waals surface area contributed by atoms with Gasteiger partial charge >= 0.3 is 33.4 Å². The maximum absolute atomic E-state index is 14.1. The van der Waals surface area contributed by atoms with Gasteiger partial charge in [-0.3, -0.25) is 27.6 Å². The highest BCUT2D eigenvalue weighted by molar-refractivity contribution is 8.77. The van der Waals surface area contributed by atoms with Crippen LogP contribution in [-0.4, -0.2) is 139 Å². The number of nitrogens with zero attached hydrogens (tertiary/aromatic N) is 7. The van der Waals surface area contributed by atoms with Gasteiger partial charge in [-0.1, -0.05) is 42.4 Å². The lowest BCUT2D eigenvalue weighted by Crippen LogP contribution is -2.49. The summed E-state index contributed by atoms with van der Waals surface area (Å²) in [5.41, 5.74) is 10.0. The summed E-state index contributed by atoms with van der Waals surface area (Å²) in [7, 11) is -6.21. The third-order valence-electron chi connectivity index (χ3n) is 8.60. The molecule has 2 fully saturated rings. The van der Waals surface area contributed by atoms with E-state index in [1.165, 1.54) is 51.8 Å². The minimum Gasteiger partial charge on any atom is -0.455 e. The monoisotopic (exact) mass is 941 g/mol. The second kappa shape index (κ2) is 19.1. The van der Waals surface area contributed by atoms with Gasteiger partial charge in [-0.25, -0.2) is 38.5 Å². The number of rotatable bonds is 16. The van der Waals surface area contributed by atoms with Crippen molar-refractivity contribution in [2.24, 2.45) is 0 Å². The molecule has 340 valence electrons. The molecule has 25 nitrogen and oxygen atoms in total. The Kier molecular flexibility index (Phi) is 15.2. The second-order valence-electron chi connectivity index (χ2n) is 15.7. The molecule has 2 saturated heterocycles. The molecule has 2 aliphatic heterocycles. The number of ether oxygens (including phenoxy) is 4. The number of phosphoric acid groups is 2. The molecule has 0 aliphatic carbocycles. The van der Waals surface area contributed by atoms with Crippen molar-refractivity contribution in [3.63, 3.8) is 0 Å². The standard InChI is InChI=1S/C32H49N9O16P2S2/c1-31(2,3)56-30(45)39(7)16(13-60-61-32(4,5)6)28(43)55-24-19(54-27(23(24)42)41-15-37-22-25(34)35-14-36-26(22)41)12-52-59(49,50)57-17-10-21(40-9-8-20(33)38-29(40)44)53-18(17)11-51-58(46,47)48/h8-9,14-19,21,23-24,27,42H,10-13H2,1-7H3,(H,49,50)(H2,33,38,44)(H2,34,35,36)(H2,46,47,48)/t16?,17-,18+,19+,21+,23+,24+,27+/m0/s1. The van der Waals surface area contributed by atoms with E-state index in [0.717, 1.165) is 15.8 Å². The van der Waals surface area contributed by atoms with Gasteiger partial charge in [0.1, 0.15) is 59.9 Å². The number of aliphatic hydroxyl groups excluding tert-OH is 1. The molecule has 5 heterocycles. The van der Waals surface area contributed by atoms with Crippen LogP contribution in [0.5, 0.6) is 0 Å². The highest BCUT2D eigenvalue weighted by Crippen LogP contribution is 2.50. The lowest BCUT2D eigenvalue weighted by Gasteiger charge is -2.31. The lowest BCUT2D eigenvalue weighted by atomic mass is 10.1. The number of carbonyl (C=O) groups excluding carboxylic acids is 2. The lowest BCUT2D eigenvalue weighted by molar-refractivity contribution is -0.161. The number of nitrogens with two attached hydrogens (primary N) is 2. The number of carbonyl (C=O) groups is 2. The quantitative estimate of drug-likeness (QED) is 0.0676. The fourth-order valence-electron chi connectivity index (χ4n) is 5.89. The molecule has 1 amide bonds. The van der Waals surface area contributed by atoms with Crippen LogP contribution in [0.2, 0.25) is 0 Å². The van der Waals surface area contributed by atoms with Gasteiger partial charge in [0.05, 0.1) is 19.5 Å². The Morgan fingerprint density at radius 1 is 1.03 bits per heavy atom. The van der Waals surface area contributed by atoms with E-state index in [9.17, 15) is 43.3 Å². The Balaban J connectivity index is 1.40. The van der Waals surface area contributed by atoms with Crippen LogP contribution in [0.3, 0.4) is 0 Å². The van der Waals surface area contributed by atoms with E-state index in [1.54, 1.807) is 20.8 Å². The summed E-state index contributed by atoms with van der Waals surface area (Å²) in [6.07, 6.45) is -8.00. The van der Waals surface area contributed by atoms with Crippen molar-refractivity contribution in [2.75, 3.05) is 37.5 Å². The van der Waals surface area contributed by atoms with E-state index >= 15 is 0 Å². The molecule has 2 unspecified atom stereocenters. The first kappa shape index (κ1) is 48.6. The van der Waals surface area contributed by atoms with Gasteiger partial charge in [-0.15, -0.1) is 0 Å². The number of amides is 1. The van der Waals surface area contributed by atoms with Crippen molar-refractivity contribution in [3.05, 3.63) is 35.4 Å². The fraction of sp³-hybridized carbons (Fsp3) is 0.656. The first-order chi connectivity index (χ1) is 28.2. The van der Waals surface area contributed by atoms with Crippen LogP contribution in [0.25, 0.3) is 11.2 Å². The molecule has 0 bridgehead atoms. The van der Waals surface area contributed by atoms with Gasteiger partial charge in [-0.2, -0.15) is 4.98 Å². The Morgan fingerprint density at radius 2 is 1.72 bits per heavy atom. The summed E-state index contributed by atoms with van der Waals surface area (Å²) in [6.45, 7) is 9.11. The molecular formula is C32H49N9O16P2S2. The van der Waals surface area contributed by atoms with Gasteiger partial charge in [-0.05, 0) is 26.8 Å². The smallest absolute Gasteiger partial charge is 0.455 e. The van der Waals surface area contributed by atoms with E-state index in [0.29, 0.717) is 0 Å². The van der Waals surface area contributed by atoms with Crippen molar-refractivity contribution in [2.45, 2.75) is 107 Å². The molecule has 61 heavy (non-hydrogen) atoms. The SMILES string of the molecule is CN(C(=O)OC(C)(C)C)C(CSSC(C)(C)C)C(=O)O[C@H]1[C@@H](O)[C@H](n2cnc3c(N)ncnc32)O[C@@H]1COP(=O)(O)O[C@H]1C[C@H](n2ccc(N)nc2=O)O[C@@H]1COP(=O)(O)O. The molecule has 3 aromatic rings. The Bertz CT molecular complexity index is 2200. The number of imidazole rings is 1. The van der Waals surface area contributed by atoms with Crippen LogP contribution in [-0.2, 0) is 46.4 Å². The van der Waals surface area contributed by atoms with Gasteiger partial charge in [0.2, 0.25) is 0 Å². The van der Waals surface area contributed by atoms with Crippen molar-refractivity contribution >= 4 is 72.1 Å². The van der Waals surface area contributed by atoms with Gasteiger partial charge in [0.25, 0.3) is 0 Å². The van der Waals surface area contributed by atoms with Gasteiger partial charge in [0.15, 0.2) is 23.8 Å². The van der Waals surface area contributed by atoms with Gasteiger partial charge in [0, 0.05) is 30.2 Å². The zero-order chi connectivity index (χ0) is 45.2. The number of phosphoric ester groups is 2. The third-order valence-corrected chi connectivity index (χ3v) is 13.4. The maximum Gasteiger partial charge on any atom is 0.472 e. The summed E-state index contributed by atoms with van der Waals surface area (Å²) < 4.78 is 65.6. The molecule has 0 spiro atoms. The molecular weight excluding hydrogens is 892 g/mol. The summed E-state index contributed by atoms with van der Waals surface area (Å²) in [5, 5.41) is 11.7. The molecule has 8 N–H and O–H groups in total. The average molecular weight is 942 g/mol. The first-order valence-corrected chi connectivity index (χ1v) is 23.7. The van der Waals surface area contributed by atoms with Crippen LogP contribution in [0.1, 0.15) is 60.4 Å². The number of likely N-dealkylation sites (N-methyl/N-ethyl adjacent to an activating group) is 1. The van der Waals surface area contributed by atoms with Crippen molar-refractivity contribution in [1.82, 2.24) is 34.0 Å². The number of aliphatic hydroxyl groups is 1. The highest BCUT2D eigenvalue weighted by Gasteiger charge is 2.51. The molecule has 9 atom stereocenters. The molecule has 0 radical (unpaired) electrons. The zero-order valence-electron chi connectivity index (χ0n) is 33.9. The van der Waals surface area contributed by atoms with Crippen LogP contribution in [0.4, 0.5) is 16.4 Å². The topological polar surface area (TPSA) is 348 Å². The summed E-state index contributed by atoms with van der Waals surface area (Å²) in [4.78, 5) is 86.4. The van der Waals surface area contributed by atoms with E-state index < -0.39 is 101 Å². The second-order valence-corrected chi connectivity index (χ2v) is 21.5. The van der Waals surface area contributed by atoms with Crippen LogP contribution in [0.15, 0.2) is 29.7 Å². The summed E-state index contributed by atoms with van der Waals surface area (Å²) in [5.74, 6) is -1.07. The van der Waals surface area contributed by atoms with E-state index in [4.69, 9.17) is 39.5 Å². The summed E-state index contributed by atoms with van der Waals surface area (Å²) in [6, 6.07) is 0.00519. The molecule has 0 aromatic carbocycles. The van der Waals surface area contributed by atoms with Crippen LogP contribution < -0.4 is 17.2 Å². The summed E-state index contributed by atoms with van der Waals surface area (Å²) >= 11 is 0. The largest absolute Gasteiger partial charge is 0.472 e. The molecule has 29 heteroatoms. The highest BCUT2D eigenvalue weighted by atomic mass is 33.1. The van der Waals surface area contributed by atoms with Crippen LogP contribution in [0, 0.1) is 0 Å². The molecule has 3 aromatic heterocycles. The average Bonchev–Trinajstić information content (AvgIpc) is 3.82. The fourth-order valence-corrected chi connectivity index (χ4v) is 9.75. The van der Waals surface area contributed by atoms with Crippen molar-refractivity contribution in [1.29, 1.82) is 0 Å². The zero-order valence-corrected chi connectivity index (χ0v) is 37.4. The van der Waals surface area contributed by atoms with E-state index in [1.807, 2.05) is 20.8 Å². The number of fused-ring (bicyclic) bond motifs is 1. The Labute approximate surface area is 356 Å². The first-order valence-electron chi connectivity index (χ1n) is 18.3. The van der Waals surface area contributed by atoms with Crippen molar-refractivity contribution < 1.29 is 71.0 Å². The van der Waals surface area contributed by atoms with E-state index in [2.05, 4.69) is 24.5 Å². The number of hydrogen-bond donors (Lipinski definition) is 6. The molecule has 0 saturated carbocycles. The van der Waals surface area contributed by atoms with Crippen molar-refractivity contribution in [3.8, 4) is 0 Å². The number of esters is 1. The number of aromatic nitrogens is 6. The third kappa shape index (κ3) is 13.1. The normalized spacial score (nSPS) is 25.0. The predicted molar refractivity (Wildman–Crippen MR) is 217 cm³/mol. The minimum absolute atomic E-state index is 0.0104. The number of anilines is 2.